The zero-order valence-corrected chi connectivity index (χ0v) is 13.0. The first kappa shape index (κ1) is 20.1. The van der Waals surface area contributed by atoms with Crippen molar-refractivity contribution in [1.82, 2.24) is 0 Å². The average Bonchev–Trinajstić information content (AvgIpc) is 2.54. The van der Waals surface area contributed by atoms with E-state index < -0.39 is 46.9 Å². The molecule has 0 amide bonds. The predicted molar refractivity (Wildman–Crippen MR) is 79.4 cm³/mol. The summed E-state index contributed by atoms with van der Waals surface area (Å²) in [4.78, 5) is 75.0. The number of carboxylic acid groups (broad SMARTS) is 1. The van der Waals surface area contributed by atoms with Crippen molar-refractivity contribution in [2.75, 3.05) is 0 Å². The molecule has 2 N–H and O–H groups in total. The van der Waals surface area contributed by atoms with E-state index in [1.165, 1.54) is 0 Å². The highest BCUT2D eigenvalue weighted by molar-refractivity contribution is 6.22. The minimum Gasteiger partial charge on any atom is -0.515 e. The molecule has 0 atom stereocenters. The number of rotatable bonds is 3. The maximum Gasteiger partial charge on any atom is 0.307 e. The van der Waals surface area contributed by atoms with Gasteiger partial charge in [0, 0.05) is 31.6 Å². The van der Waals surface area contributed by atoms with Crippen molar-refractivity contribution in [1.29, 1.82) is 0 Å². The average molecular weight is 352 g/mol. The minimum absolute atomic E-state index is 0.0264. The molecule has 0 unspecified atom stereocenters. The first-order chi connectivity index (χ1) is 11.7. The van der Waals surface area contributed by atoms with Crippen LogP contribution in [0.25, 0.3) is 0 Å². The second kappa shape index (κ2) is 8.76. The van der Waals surface area contributed by atoms with Crippen LogP contribution in [0, 0.1) is 17.8 Å². The SMILES string of the molecule is O=C1CC(C(=O)O)CC(=O)C1=CO.O=CC1CC(=O)C(C=O)C(=O)C1. The molecule has 0 aliphatic heterocycles. The van der Waals surface area contributed by atoms with Crippen LogP contribution < -0.4 is 0 Å². The van der Waals surface area contributed by atoms with Gasteiger partial charge in [0.25, 0.3) is 0 Å². The molecule has 2 saturated carbocycles. The Morgan fingerprint density at radius 1 is 0.880 bits per heavy atom. The molecule has 0 saturated heterocycles. The Hall–Kier alpha value is -2.97. The Morgan fingerprint density at radius 2 is 1.36 bits per heavy atom. The number of aliphatic carboxylic acids is 1. The third-order valence-corrected chi connectivity index (χ3v) is 3.89. The Bertz CT molecular complexity index is 621. The Morgan fingerprint density at radius 3 is 1.68 bits per heavy atom. The zero-order chi connectivity index (χ0) is 19.1. The van der Waals surface area contributed by atoms with Crippen LogP contribution in [0.5, 0.6) is 0 Å². The molecule has 0 spiro atoms. The van der Waals surface area contributed by atoms with E-state index in [1.807, 2.05) is 0 Å². The van der Waals surface area contributed by atoms with Gasteiger partial charge in [0.15, 0.2) is 23.1 Å². The molecule has 2 rings (SSSR count). The fourth-order valence-electron chi connectivity index (χ4n) is 2.48. The highest BCUT2D eigenvalue weighted by Gasteiger charge is 2.35. The monoisotopic (exact) mass is 352 g/mol. The van der Waals surface area contributed by atoms with Gasteiger partial charge < -0.3 is 19.8 Å². The van der Waals surface area contributed by atoms with E-state index in [2.05, 4.69) is 0 Å². The lowest BCUT2D eigenvalue weighted by molar-refractivity contribution is -0.146. The molecule has 0 radical (unpaired) electrons. The number of allylic oxidation sites excluding steroid dienone is 1. The second-order valence-electron chi connectivity index (χ2n) is 5.68. The van der Waals surface area contributed by atoms with Crippen molar-refractivity contribution in [3.05, 3.63) is 11.8 Å². The fraction of sp³-hybridized carbons (Fsp3) is 0.438. The van der Waals surface area contributed by atoms with Gasteiger partial charge in [0.1, 0.15) is 18.5 Å². The third-order valence-electron chi connectivity index (χ3n) is 3.89. The lowest BCUT2D eigenvalue weighted by Gasteiger charge is -2.18. The molecule has 0 heterocycles. The molecule has 0 aromatic carbocycles. The molecule has 134 valence electrons. The number of carbonyl (C=O) groups is 7. The standard InChI is InChI=1S/C8H8O5.C8H8O4/c9-3-5-6(10)1-4(8(12)13)2-7(5)11;9-3-5-1-7(11)6(4-10)8(12)2-5/h3-4,9H,1-2H2,(H,12,13);3-6H,1-2H2. The van der Waals surface area contributed by atoms with Gasteiger partial charge in [-0.1, -0.05) is 0 Å². The summed E-state index contributed by atoms with van der Waals surface area (Å²) in [6.45, 7) is 0. The summed E-state index contributed by atoms with van der Waals surface area (Å²) in [5.74, 6) is -5.79. The summed E-state index contributed by atoms with van der Waals surface area (Å²) in [7, 11) is 0. The van der Waals surface area contributed by atoms with Crippen LogP contribution in [-0.2, 0) is 33.6 Å². The van der Waals surface area contributed by atoms with Crippen molar-refractivity contribution in [3.63, 3.8) is 0 Å². The molecule has 0 aromatic heterocycles. The molecule has 2 aliphatic rings. The number of aldehydes is 2. The lowest BCUT2D eigenvalue weighted by atomic mass is 9.81. The second-order valence-corrected chi connectivity index (χ2v) is 5.68. The van der Waals surface area contributed by atoms with E-state index in [0.29, 0.717) is 18.8 Å². The first-order valence-corrected chi connectivity index (χ1v) is 7.34. The molecule has 0 bridgehead atoms. The number of carboxylic acids is 1. The van der Waals surface area contributed by atoms with Crippen LogP contribution in [0.3, 0.4) is 0 Å². The maximum absolute atomic E-state index is 11.0. The third kappa shape index (κ3) is 5.00. The van der Waals surface area contributed by atoms with Gasteiger partial charge in [-0.15, -0.1) is 0 Å². The predicted octanol–water partition coefficient (Wildman–Crippen LogP) is -0.390. The molecule has 9 heteroatoms. The molecule has 2 aliphatic carbocycles. The van der Waals surface area contributed by atoms with Gasteiger partial charge in [-0.05, 0) is 0 Å². The van der Waals surface area contributed by atoms with Crippen LogP contribution >= 0.6 is 0 Å². The van der Waals surface area contributed by atoms with Crippen molar-refractivity contribution in [2.45, 2.75) is 25.7 Å². The van der Waals surface area contributed by atoms with Gasteiger partial charge in [0.05, 0.1) is 17.8 Å². The van der Waals surface area contributed by atoms with Gasteiger partial charge in [0.2, 0.25) is 0 Å². The number of aliphatic hydroxyl groups excluding tert-OH is 1. The van der Waals surface area contributed by atoms with E-state index in [-0.39, 0.29) is 31.3 Å². The molecule has 25 heavy (non-hydrogen) atoms. The van der Waals surface area contributed by atoms with Crippen molar-refractivity contribution in [2.24, 2.45) is 17.8 Å². The number of hydrogen-bond donors (Lipinski definition) is 2. The van der Waals surface area contributed by atoms with Gasteiger partial charge >= 0.3 is 5.97 Å². The maximum atomic E-state index is 11.0. The summed E-state index contributed by atoms with van der Waals surface area (Å²) >= 11 is 0. The normalized spacial score (nSPS) is 26.4. The zero-order valence-electron chi connectivity index (χ0n) is 13.0. The number of Topliss-reactive ketones (excluding diaryl/α,β-unsaturated/α-hetero) is 4. The molecule has 0 aromatic rings. The smallest absolute Gasteiger partial charge is 0.307 e. The summed E-state index contributed by atoms with van der Waals surface area (Å²) in [5.41, 5.74) is -0.294. The van der Waals surface area contributed by atoms with E-state index in [9.17, 15) is 33.6 Å². The van der Waals surface area contributed by atoms with Crippen LogP contribution in [0.15, 0.2) is 11.8 Å². The number of hydrogen-bond acceptors (Lipinski definition) is 8. The summed E-state index contributed by atoms with van der Waals surface area (Å²) in [6, 6.07) is 0. The Labute approximate surface area is 141 Å². The van der Waals surface area contributed by atoms with Crippen LogP contribution in [0.4, 0.5) is 0 Å². The largest absolute Gasteiger partial charge is 0.515 e. The molecular weight excluding hydrogens is 336 g/mol. The van der Waals surface area contributed by atoms with Gasteiger partial charge in [-0.2, -0.15) is 0 Å². The summed E-state index contributed by atoms with van der Waals surface area (Å²) in [6.07, 6.45) is 1.02. The van der Waals surface area contributed by atoms with Crippen LogP contribution in [-0.4, -0.2) is 51.9 Å². The van der Waals surface area contributed by atoms with E-state index >= 15 is 0 Å². The Kier molecular flexibility index (Phi) is 7.04. The summed E-state index contributed by atoms with van der Waals surface area (Å²) < 4.78 is 0. The Balaban J connectivity index is 0.000000251. The number of aliphatic hydroxyl groups is 1. The summed E-state index contributed by atoms with van der Waals surface area (Å²) in [5, 5.41) is 17.1. The first-order valence-electron chi connectivity index (χ1n) is 7.34. The fourth-order valence-corrected chi connectivity index (χ4v) is 2.48. The quantitative estimate of drug-likeness (QED) is 0.226. The number of ketones is 4. The molecule has 9 nitrogen and oxygen atoms in total. The van der Waals surface area contributed by atoms with E-state index in [1.54, 1.807) is 0 Å². The van der Waals surface area contributed by atoms with E-state index in [4.69, 9.17) is 10.2 Å². The molecular formula is C16H16O9. The highest BCUT2D eigenvalue weighted by atomic mass is 16.4. The topological polar surface area (TPSA) is 160 Å². The van der Waals surface area contributed by atoms with Crippen molar-refractivity contribution in [3.8, 4) is 0 Å². The van der Waals surface area contributed by atoms with Crippen LogP contribution in [0.1, 0.15) is 25.7 Å². The lowest BCUT2D eigenvalue weighted by Crippen LogP contribution is -2.34. The van der Waals surface area contributed by atoms with E-state index in [0.717, 1.165) is 0 Å². The number of carbonyl (C=O) groups excluding carboxylic acids is 6. The van der Waals surface area contributed by atoms with Gasteiger partial charge in [-0.25, -0.2) is 0 Å². The molecule has 2 fully saturated rings. The van der Waals surface area contributed by atoms with Crippen molar-refractivity contribution >= 4 is 41.7 Å². The van der Waals surface area contributed by atoms with Crippen LogP contribution in [0.2, 0.25) is 0 Å². The highest BCUT2D eigenvalue weighted by Crippen LogP contribution is 2.22. The minimum atomic E-state index is -1.15. The van der Waals surface area contributed by atoms with Gasteiger partial charge in [-0.3, -0.25) is 24.0 Å². The van der Waals surface area contributed by atoms with Crippen molar-refractivity contribution < 1.29 is 43.8 Å².